The normalized spacial score (nSPS) is 19.9. The highest BCUT2D eigenvalue weighted by atomic mass is 19.1. The smallest absolute Gasteiger partial charge is 0.242 e. The van der Waals surface area contributed by atoms with Gasteiger partial charge < -0.3 is 10.2 Å². The predicted molar refractivity (Wildman–Crippen MR) is 58.6 cm³/mol. The lowest BCUT2D eigenvalue weighted by atomic mass is 10.2. The molecule has 0 aromatic carbocycles. The lowest BCUT2D eigenvalue weighted by Gasteiger charge is -2.25. The Kier molecular flexibility index (Phi) is 3.03. The van der Waals surface area contributed by atoms with Crippen molar-refractivity contribution in [3.8, 4) is 0 Å². The van der Waals surface area contributed by atoms with Crippen molar-refractivity contribution >= 4 is 11.6 Å². The second-order valence-corrected chi connectivity index (χ2v) is 3.80. The number of carbonyl (C=O) groups excluding carboxylic acids is 1. The van der Waals surface area contributed by atoms with Gasteiger partial charge in [0, 0.05) is 31.5 Å². The molecule has 1 saturated heterocycles. The minimum atomic E-state index is -0.514. The maximum Gasteiger partial charge on any atom is 0.242 e. The molecule has 0 radical (unpaired) electrons. The highest BCUT2D eigenvalue weighted by molar-refractivity contribution is 5.85. The van der Waals surface area contributed by atoms with E-state index >= 15 is 0 Å². The summed E-state index contributed by atoms with van der Waals surface area (Å²) in [4.78, 5) is 17.0. The van der Waals surface area contributed by atoms with Gasteiger partial charge in [0.1, 0.15) is 6.04 Å². The summed E-state index contributed by atoms with van der Waals surface area (Å²) in [6, 6.07) is 2.90. The highest BCUT2D eigenvalue weighted by Gasteiger charge is 2.30. The molecule has 0 saturated carbocycles. The largest absolute Gasteiger partial charge is 0.359 e. The Hall–Kier alpha value is -1.65. The number of likely N-dealkylation sites (N-methyl/N-ethyl adjacent to an activating group) is 1. The number of hydrogen-bond acceptors (Lipinski definition) is 3. The Morgan fingerprint density at radius 1 is 1.69 bits per heavy atom. The third-order valence-electron chi connectivity index (χ3n) is 2.84. The Morgan fingerprint density at radius 3 is 3.19 bits per heavy atom. The van der Waals surface area contributed by atoms with Gasteiger partial charge in [-0.1, -0.05) is 0 Å². The zero-order chi connectivity index (χ0) is 11.5. The fourth-order valence-corrected chi connectivity index (χ4v) is 2.09. The van der Waals surface area contributed by atoms with Gasteiger partial charge in [-0.15, -0.1) is 0 Å². The van der Waals surface area contributed by atoms with Crippen LogP contribution in [0.2, 0.25) is 0 Å². The number of nitrogens with one attached hydrogen (secondary N) is 1. The first-order valence-electron chi connectivity index (χ1n) is 5.32. The van der Waals surface area contributed by atoms with Crippen LogP contribution in [0.15, 0.2) is 18.3 Å². The fourth-order valence-electron chi connectivity index (χ4n) is 2.09. The van der Waals surface area contributed by atoms with Crippen molar-refractivity contribution in [2.24, 2.45) is 0 Å². The Bertz CT molecular complexity index is 397. The summed E-state index contributed by atoms with van der Waals surface area (Å²) in [6.07, 6.45) is 3.18. The van der Waals surface area contributed by atoms with Gasteiger partial charge in [0.25, 0.3) is 0 Å². The van der Waals surface area contributed by atoms with E-state index in [2.05, 4.69) is 10.3 Å². The molecule has 0 spiro atoms. The number of nitrogens with zero attached hydrogens (tertiary/aromatic N) is 2. The van der Waals surface area contributed by atoms with Crippen LogP contribution in [0, 0.1) is 5.95 Å². The van der Waals surface area contributed by atoms with Crippen molar-refractivity contribution in [1.29, 1.82) is 0 Å². The van der Waals surface area contributed by atoms with Crippen LogP contribution in [0.25, 0.3) is 0 Å². The number of rotatable bonds is 2. The molecule has 1 unspecified atom stereocenters. The van der Waals surface area contributed by atoms with Gasteiger partial charge in [-0.25, -0.2) is 4.98 Å². The van der Waals surface area contributed by atoms with E-state index in [9.17, 15) is 9.18 Å². The first kappa shape index (κ1) is 10.9. The van der Waals surface area contributed by atoms with Gasteiger partial charge in [0.2, 0.25) is 11.9 Å². The Balaban J connectivity index is 2.23. The standard InChI is InChI=1S/C11H14FN3O/c1-13-11(16)9-3-2-6-15(9)8-4-5-14-10(12)7-8/h4-5,7,9H,2-3,6H2,1H3,(H,13,16). The molecule has 1 aliphatic rings. The van der Waals surface area contributed by atoms with Crippen LogP contribution in [0.4, 0.5) is 10.1 Å². The van der Waals surface area contributed by atoms with E-state index in [0.29, 0.717) is 0 Å². The highest BCUT2D eigenvalue weighted by Crippen LogP contribution is 2.25. The summed E-state index contributed by atoms with van der Waals surface area (Å²) in [7, 11) is 1.62. The van der Waals surface area contributed by atoms with Crippen molar-refractivity contribution in [3.63, 3.8) is 0 Å². The maximum atomic E-state index is 13.0. The minimum Gasteiger partial charge on any atom is -0.359 e. The van der Waals surface area contributed by atoms with Gasteiger partial charge in [-0.3, -0.25) is 4.79 Å². The molecule has 4 nitrogen and oxygen atoms in total. The van der Waals surface area contributed by atoms with E-state index in [-0.39, 0.29) is 11.9 Å². The van der Waals surface area contributed by atoms with Gasteiger partial charge in [0.15, 0.2) is 0 Å². The predicted octanol–water partition coefficient (Wildman–Crippen LogP) is 0.935. The molecule has 86 valence electrons. The SMILES string of the molecule is CNC(=O)C1CCCN1c1ccnc(F)c1. The number of carbonyl (C=O) groups is 1. The molecule has 1 atom stereocenters. The maximum absolute atomic E-state index is 13.0. The van der Waals surface area contributed by atoms with Crippen molar-refractivity contribution in [3.05, 3.63) is 24.3 Å². The number of anilines is 1. The van der Waals surface area contributed by atoms with Crippen LogP contribution >= 0.6 is 0 Å². The third-order valence-corrected chi connectivity index (χ3v) is 2.84. The Morgan fingerprint density at radius 2 is 2.50 bits per heavy atom. The average molecular weight is 223 g/mol. The van der Waals surface area contributed by atoms with Crippen LogP contribution in [0.1, 0.15) is 12.8 Å². The molecule has 1 aromatic rings. The van der Waals surface area contributed by atoms with Gasteiger partial charge in [-0.2, -0.15) is 4.39 Å². The molecule has 1 fully saturated rings. The fraction of sp³-hybridized carbons (Fsp3) is 0.455. The van der Waals surface area contributed by atoms with E-state index < -0.39 is 5.95 Å². The van der Waals surface area contributed by atoms with Crippen molar-refractivity contribution in [1.82, 2.24) is 10.3 Å². The van der Waals surface area contributed by atoms with Crippen molar-refractivity contribution in [2.45, 2.75) is 18.9 Å². The van der Waals surface area contributed by atoms with E-state index in [4.69, 9.17) is 0 Å². The number of halogens is 1. The van der Waals surface area contributed by atoms with Crippen LogP contribution in [0.5, 0.6) is 0 Å². The topological polar surface area (TPSA) is 45.2 Å². The first-order valence-corrected chi connectivity index (χ1v) is 5.32. The van der Waals surface area contributed by atoms with Gasteiger partial charge in [-0.05, 0) is 18.9 Å². The molecular formula is C11H14FN3O. The second-order valence-electron chi connectivity index (χ2n) is 3.80. The average Bonchev–Trinajstić information content (AvgIpc) is 2.77. The summed E-state index contributed by atoms with van der Waals surface area (Å²) in [6.45, 7) is 0.779. The molecule has 2 rings (SSSR count). The zero-order valence-electron chi connectivity index (χ0n) is 9.11. The lowest BCUT2D eigenvalue weighted by Crippen LogP contribution is -2.42. The second kappa shape index (κ2) is 4.47. The van der Waals surface area contributed by atoms with E-state index in [1.54, 1.807) is 13.1 Å². The molecule has 1 N–H and O–H groups in total. The first-order chi connectivity index (χ1) is 7.72. The molecule has 1 aromatic heterocycles. The summed E-state index contributed by atoms with van der Waals surface area (Å²) >= 11 is 0. The van der Waals surface area contributed by atoms with E-state index in [1.807, 2.05) is 4.90 Å². The number of hydrogen-bond donors (Lipinski definition) is 1. The summed E-state index contributed by atoms with van der Waals surface area (Å²) in [5.41, 5.74) is 0.721. The molecule has 5 heteroatoms. The van der Waals surface area contributed by atoms with E-state index in [0.717, 1.165) is 25.1 Å². The molecule has 0 bridgehead atoms. The van der Waals surface area contributed by atoms with Gasteiger partial charge >= 0.3 is 0 Å². The minimum absolute atomic E-state index is 0.0188. The molecule has 2 heterocycles. The molecule has 0 aliphatic carbocycles. The molecule has 1 amide bonds. The number of aromatic nitrogens is 1. The molecule has 1 aliphatic heterocycles. The lowest BCUT2D eigenvalue weighted by molar-refractivity contribution is -0.121. The summed E-state index contributed by atoms with van der Waals surface area (Å²) in [5.74, 6) is -0.533. The number of amides is 1. The summed E-state index contributed by atoms with van der Waals surface area (Å²) < 4.78 is 13.0. The third kappa shape index (κ3) is 1.98. The van der Waals surface area contributed by atoms with Gasteiger partial charge in [0.05, 0.1) is 0 Å². The van der Waals surface area contributed by atoms with Crippen LogP contribution in [0.3, 0.4) is 0 Å². The van der Waals surface area contributed by atoms with Crippen LogP contribution in [-0.2, 0) is 4.79 Å². The summed E-state index contributed by atoms with van der Waals surface area (Å²) in [5, 5.41) is 2.63. The Labute approximate surface area is 93.5 Å². The van der Waals surface area contributed by atoms with Crippen molar-refractivity contribution < 1.29 is 9.18 Å². The quantitative estimate of drug-likeness (QED) is 0.759. The monoisotopic (exact) mass is 223 g/mol. The number of pyridine rings is 1. The molecular weight excluding hydrogens is 209 g/mol. The zero-order valence-corrected chi connectivity index (χ0v) is 9.11. The van der Waals surface area contributed by atoms with Crippen LogP contribution < -0.4 is 10.2 Å². The molecule has 16 heavy (non-hydrogen) atoms. The van der Waals surface area contributed by atoms with E-state index in [1.165, 1.54) is 12.3 Å². The van der Waals surface area contributed by atoms with Crippen molar-refractivity contribution in [2.75, 3.05) is 18.5 Å². The van der Waals surface area contributed by atoms with Crippen LogP contribution in [-0.4, -0.2) is 30.5 Å².